The largest absolute Gasteiger partial charge is 0.507 e. The maximum atomic E-state index is 12.3. The molecule has 1 aromatic rings. The number of carboxylic acids is 1. The van der Waals surface area contributed by atoms with Crippen LogP contribution in [0.4, 0.5) is 0 Å². The van der Waals surface area contributed by atoms with Gasteiger partial charge in [-0.3, -0.25) is 9.59 Å². The SMILES string of the molecule is O=C(O)CC1CCN(C(=O)c2ccc(Br)cc2O)CC1. The van der Waals surface area contributed by atoms with Gasteiger partial charge in [0.2, 0.25) is 0 Å². The summed E-state index contributed by atoms with van der Waals surface area (Å²) < 4.78 is 0.715. The number of phenolic OH excluding ortho intramolecular Hbond substituents is 1. The summed E-state index contributed by atoms with van der Waals surface area (Å²) >= 11 is 3.23. The van der Waals surface area contributed by atoms with Crippen LogP contribution in [0.15, 0.2) is 22.7 Å². The second kappa shape index (κ2) is 6.26. The molecular formula is C14H16BrNO4. The first-order valence-corrected chi connectivity index (χ1v) is 7.26. The molecule has 0 aliphatic carbocycles. The highest BCUT2D eigenvalue weighted by molar-refractivity contribution is 9.10. The molecule has 1 amide bonds. The van der Waals surface area contributed by atoms with Crippen LogP contribution in [-0.4, -0.2) is 40.1 Å². The minimum absolute atomic E-state index is 0.0444. The summed E-state index contributed by atoms with van der Waals surface area (Å²) in [6.07, 6.45) is 1.54. The topological polar surface area (TPSA) is 77.8 Å². The lowest BCUT2D eigenvalue weighted by Gasteiger charge is -2.31. The van der Waals surface area contributed by atoms with Crippen LogP contribution in [-0.2, 0) is 4.79 Å². The molecule has 0 bridgehead atoms. The van der Waals surface area contributed by atoms with Crippen LogP contribution in [0, 0.1) is 5.92 Å². The fraction of sp³-hybridized carbons (Fsp3) is 0.429. The quantitative estimate of drug-likeness (QED) is 0.885. The Bertz CT molecular complexity index is 524. The second-order valence-corrected chi connectivity index (χ2v) is 5.91. The van der Waals surface area contributed by atoms with E-state index in [4.69, 9.17) is 5.11 Å². The highest BCUT2D eigenvalue weighted by atomic mass is 79.9. The van der Waals surface area contributed by atoms with Gasteiger partial charge in [0.15, 0.2) is 0 Å². The van der Waals surface area contributed by atoms with Crippen molar-refractivity contribution >= 4 is 27.8 Å². The molecule has 1 fully saturated rings. The highest BCUT2D eigenvalue weighted by Gasteiger charge is 2.26. The average molecular weight is 342 g/mol. The first kappa shape index (κ1) is 14.8. The number of aromatic hydroxyl groups is 1. The van der Waals surface area contributed by atoms with Gasteiger partial charge in [0.1, 0.15) is 5.75 Å². The Labute approximate surface area is 125 Å². The van der Waals surface area contributed by atoms with Gasteiger partial charge in [-0.05, 0) is 37.0 Å². The highest BCUT2D eigenvalue weighted by Crippen LogP contribution is 2.26. The molecule has 0 saturated carbocycles. The fourth-order valence-electron chi connectivity index (χ4n) is 2.44. The van der Waals surface area contributed by atoms with Gasteiger partial charge in [-0.1, -0.05) is 15.9 Å². The number of nitrogens with zero attached hydrogens (tertiary/aromatic N) is 1. The third-order valence-electron chi connectivity index (χ3n) is 3.56. The summed E-state index contributed by atoms with van der Waals surface area (Å²) in [6, 6.07) is 4.79. The number of hydrogen-bond acceptors (Lipinski definition) is 3. The number of amides is 1. The second-order valence-electron chi connectivity index (χ2n) is 4.99. The molecule has 0 unspecified atom stereocenters. The third-order valence-corrected chi connectivity index (χ3v) is 4.05. The molecule has 5 nitrogen and oxygen atoms in total. The monoisotopic (exact) mass is 341 g/mol. The molecule has 2 rings (SSSR count). The molecule has 0 spiro atoms. The molecule has 1 aromatic carbocycles. The van der Waals surface area contributed by atoms with E-state index < -0.39 is 5.97 Å². The Balaban J connectivity index is 1.99. The molecule has 0 atom stereocenters. The lowest BCUT2D eigenvalue weighted by molar-refractivity contribution is -0.138. The van der Waals surface area contributed by atoms with Crippen molar-refractivity contribution in [2.24, 2.45) is 5.92 Å². The van der Waals surface area contributed by atoms with Crippen LogP contribution in [0.25, 0.3) is 0 Å². The number of aliphatic carboxylic acids is 1. The molecule has 0 aromatic heterocycles. The Hall–Kier alpha value is -1.56. The predicted octanol–water partition coefficient (Wildman–Crippen LogP) is 2.48. The Morgan fingerprint density at radius 2 is 1.95 bits per heavy atom. The lowest BCUT2D eigenvalue weighted by Crippen LogP contribution is -2.38. The van der Waals surface area contributed by atoms with E-state index in [1.54, 1.807) is 17.0 Å². The van der Waals surface area contributed by atoms with Crippen LogP contribution in [0.2, 0.25) is 0 Å². The molecule has 1 aliphatic heterocycles. The first-order chi connectivity index (χ1) is 9.47. The van der Waals surface area contributed by atoms with Gasteiger partial charge in [-0.2, -0.15) is 0 Å². The van der Waals surface area contributed by atoms with Crippen molar-refractivity contribution in [3.8, 4) is 5.75 Å². The predicted molar refractivity (Wildman–Crippen MR) is 76.7 cm³/mol. The van der Waals surface area contributed by atoms with E-state index in [1.165, 1.54) is 6.07 Å². The fourth-order valence-corrected chi connectivity index (χ4v) is 2.79. The number of rotatable bonds is 3. The van der Waals surface area contributed by atoms with E-state index in [0.29, 0.717) is 30.4 Å². The maximum Gasteiger partial charge on any atom is 0.303 e. The Morgan fingerprint density at radius 1 is 1.30 bits per heavy atom. The molecule has 6 heteroatoms. The van der Waals surface area contributed by atoms with E-state index >= 15 is 0 Å². The van der Waals surface area contributed by atoms with Gasteiger partial charge in [-0.15, -0.1) is 0 Å². The number of hydrogen-bond donors (Lipinski definition) is 2. The molecule has 108 valence electrons. The standard InChI is InChI=1S/C14H16BrNO4/c15-10-1-2-11(12(17)8-10)14(20)16-5-3-9(4-6-16)7-13(18)19/h1-2,8-9,17H,3-7H2,(H,18,19). The van der Waals surface area contributed by atoms with Crippen LogP contribution in [0.3, 0.4) is 0 Å². The molecule has 20 heavy (non-hydrogen) atoms. The number of likely N-dealkylation sites (tertiary alicyclic amines) is 1. The van der Waals surface area contributed by atoms with Gasteiger partial charge in [0.05, 0.1) is 5.56 Å². The Kier molecular flexibility index (Phi) is 4.65. The van der Waals surface area contributed by atoms with Gasteiger partial charge in [0.25, 0.3) is 5.91 Å². The van der Waals surface area contributed by atoms with Crippen molar-refractivity contribution in [2.75, 3.05) is 13.1 Å². The smallest absolute Gasteiger partial charge is 0.303 e. The van der Waals surface area contributed by atoms with Crippen molar-refractivity contribution in [1.82, 2.24) is 4.90 Å². The summed E-state index contributed by atoms with van der Waals surface area (Å²) in [5.41, 5.74) is 0.282. The van der Waals surface area contributed by atoms with Gasteiger partial charge < -0.3 is 15.1 Å². The van der Waals surface area contributed by atoms with Gasteiger partial charge in [-0.25, -0.2) is 0 Å². The molecule has 0 radical (unpaired) electrons. The summed E-state index contributed by atoms with van der Waals surface area (Å²) in [6.45, 7) is 1.07. The number of carbonyl (C=O) groups is 2. The summed E-state index contributed by atoms with van der Waals surface area (Å²) in [7, 11) is 0. The molecule has 1 saturated heterocycles. The number of carbonyl (C=O) groups excluding carboxylic acids is 1. The van der Waals surface area contributed by atoms with E-state index in [2.05, 4.69) is 15.9 Å². The van der Waals surface area contributed by atoms with Crippen molar-refractivity contribution in [1.29, 1.82) is 0 Å². The number of piperidine rings is 1. The molecule has 1 heterocycles. The average Bonchev–Trinajstić information content (AvgIpc) is 2.38. The normalized spacial score (nSPS) is 16.1. The van der Waals surface area contributed by atoms with E-state index in [1.807, 2.05) is 0 Å². The summed E-state index contributed by atoms with van der Waals surface area (Å²) in [4.78, 5) is 24.6. The van der Waals surface area contributed by atoms with Gasteiger partial charge >= 0.3 is 5.97 Å². The summed E-state index contributed by atoms with van der Waals surface area (Å²) in [5, 5.41) is 18.6. The molecule has 2 N–H and O–H groups in total. The van der Waals surface area contributed by atoms with E-state index in [9.17, 15) is 14.7 Å². The zero-order valence-corrected chi connectivity index (χ0v) is 12.5. The van der Waals surface area contributed by atoms with E-state index in [-0.39, 0.29) is 29.6 Å². The minimum Gasteiger partial charge on any atom is -0.507 e. The third kappa shape index (κ3) is 3.50. The van der Waals surface area contributed by atoms with Crippen LogP contribution < -0.4 is 0 Å². The van der Waals surface area contributed by atoms with Crippen LogP contribution in [0.5, 0.6) is 5.75 Å². The first-order valence-electron chi connectivity index (χ1n) is 6.47. The molecule has 1 aliphatic rings. The maximum absolute atomic E-state index is 12.3. The van der Waals surface area contributed by atoms with Gasteiger partial charge in [0, 0.05) is 24.0 Å². The van der Waals surface area contributed by atoms with E-state index in [0.717, 1.165) is 0 Å². The van der Waals surface area contributed by atoms with Crippen LogP contribution >= 0.6 is 15.9 Å². The lowest BCUT2D eigenvalue weighted by atomic mass is 9.93. The van der Waals surface area contributed by atoms with Crippen LogP contribution in [0.1, 0.15) is 29.6 Å². The van der Waals surface area contributed by atoms with Crippen molar-refractivity contribution in [3.63, 3.8) is 0 Å². The van der Waals surface area contributed by atoms with Crippen molar-refractivity contribution in [3.05, 3.63) is 28.2 Å². The number of phenols is 1. The Morgan fingerprint density at radius 3 is 2.50 bits per heavy atom. The van der Waals surface area contributed by atoms with Crippen molar-refractivity contribution in [2.45, 2.75) is 19.3 Å². The zero-order chi connectivity index (χ0) is 14.7. The zero-order valence-electron chi connectivity index (χ0n) is 10.9. The minimum atomic E-state index is -0.791. The van der Waals surface area contributed by atoms with Crippen molar-refractivity contribution < 1.29 is 19.8 Å². The molecular weight excluding hydrogens is 326 g/mol. The summed E-state index contributed by atoms with van der Waals surface area (Å²) in [5.74, 6) is -0.906. The number of halogens is 1. The number of benzene rings is 1. The number of carboxylic acid groups (broad SMARTS) is 1.